The highest BCUT2D eigenvalue weighted by molar-refractivity contribution is 7.80. The molecule has 6 nitrogen and oxygen atoms in total. The Kier molecular flexibility index (Phi) is 4.53. The first-order valence-corrected chi connectivity index (χ1v) is 7.68. The molecule has 1 heterocycles. The predicted molar refractivity (Wildman–Crippen MR) is 92.6 cm³/mol. The molecule has 0 atom stereocenters. The van der Waals surface area contributed by atoms with E-state index in [4.69, 9.17) is 12.2 Å². The summed E-state index contributed by atoms with van der Waals surface area (Å²) in [5.74, 6) is -2.05. The van der Waals surface area contributed by atoms with E-state index < -0.39 is 30.1 Å². The van der Waals surface area contributed by atoms with Crippen molar-refractivity contribution in [2.45, 2.75) is 0 Å². The number of halogens is 1. The summed E-state index contributed by atoms with van der Waals surface area (Å²) in [6, 6.07) is 11.8. The molecule has 1 aliphatic heterocycles. The van der Waals surface area contributed by atoms with Crippen LogP contribution in [0, 0.1) is 5.82 Å². The van der Waals surface area contributed by atoms with E-state index in [1.165, 1.54) is 36.4 Å². The van der Waals surface area contributed by atoms with E-state index >= 15 is 0 Å². The zero-order valence-corrected chi connectivity index (χ0v) is 13.6. The van der Waals surface area contributed by atoms with Gasteiger partial charge >= 0.3 is 0 Å². The highest BCUT2D eigenvalue weighted by atomic mass is 32.1. The molecule has 2 aromatic rings. The molecular formula is C17H12FN3O3S. The number of amides is 3. The minimum Gasteiger partial charge on any atom is -0.332 e. The molecule has 0 spiro atoms. The summed E-state index contributed by atoms with van der Waals surface area (Å²) in [7, 11) is 0. The van der Waals surface area contributed by atoms with Gasteiger partial charge in [-0.3, -0.25) is 19.3 Å². The Labute approximate surface area is 147 Å². The minimum absolute atomic E-state index is 0.0202. The predicted octanol–water partition coefficient (Wildman–Crippen LogP) is 1.93. The molecular weight excluding hydrogens is 345 g/mol. The zero-order chi connectivity index (χ0) is 18.0. The monoisotopic (exact) mass is 357 g/mol. The van der Waals surface area contributed by atoms with E-state index in [0.29, 0.717) is 5.69 Å². The Balaban J connectivity index is 1.60. The van der Waals surface area contributed by atoms with Gasteiger partial charge in [-0.15, -0.1) is 0 Å². The molecule has 0 radical (unpaired) electrons. The highest BCUT2D eigenvalue weighted by Gasteiger charge is 2.36. The maximum Gasteiger partial charge on any atom is 0.262 e. The second kappa shape index (κ2) is 6.78. The van der Waals surface area contributed by atoms with Crippen LogP contribution in [0.4, 0.5) is 10.1 Å². The lowest BCUT2D eigenvalue weighted by molar-refractivity contribution is -0.120. The van der Waals surface area contributed by atoms with E-state index in [2.05, 4.69) is 10.6 Å². The van der Waals surface area contributed by atoms with E-state index in [9.17, 15) is 18.8 Å². The van der Waals surface area contributed by atoms with Gasteiger partial charge in [-0.1, -0.05) is 12.1 Å². The largest absolute Gasteiger partial charge is 0.332 e. The van der Waals surface area contributed by atoms with Crippen LogP contribution in [-0.2, 0) is 4.79 Å². The topological polar surface area (TPSA) is 78.5 Å². The third-order valence-corrected chi connectivity index (χ3v) is 3.74. The number of hydrogen-bond acceptors (Lipinski definition) is 4. The fraction of sp³-hybridized carbons (Fsp3) is 0.0588. The van der Waals surface area contributed by atoms with Crippen molar-refractivity contribution in [2.75, 3.05) is 11.9 Å². The van der Waals surface area contributed by atoms with Gasteiger partial charge in [-0.2, -0.15) is 0 Å². The molecule has 2 aromatic carbocycles. The Morgan fingerprint density at radius 2 is 1.56 bits per heavy atom. The number of hydrogen-bond donors (Lipinski definition) is 2. The van der Waals surface area contributed by atoms with Gasteiger partial charge < -0.3 is 10.6 Å². The standard InChI is InChI=1S/C17H12FN3O3S/c18-10-5-7-11(8-6-10)19-17(25)20-14(22)9-21-15(23)12-3-1-2-4-13(12)16(21)24/h1-8H,9H2,(H2,19,20,22,25). The maximum atomic E-state index is 12.8. The summed E-state index contributed by atoms with van der Waals surface area (Å²) in [5.41, 5.74) is 1.03. The van der Waals surface area contributed by atoms with Crippen molar-refractivity contribution in [1.82, 2.24) is 10.2 Å². The van der Waals surface area contributed by atoms with Crippen molar-refractivity contribution in [3.05, 3.63) is 65.5 Å². The summed E-state index contributed by atoms with van der Waals surface area (Å²) in [6.07, 6.45) is 0. The molecule has 8 heteroatoms. The van der Waals surface area contributed by atoms with Crippen LogP contribution in [-0.4, -0.2) is 34.3 Å². The molecule has 0 unspecified atom stereocenters. The fourth-order valence-corrected chi connectivity index (χ4v) is 2.62. The smallest absolute Gasteiger partial charge is 0.262 e. The number of benzene rings is 2. The first-order valence-electron chi connectivity index (χ1n) is 7.27. The first-order chi connectivity index (χ1) is 12.0. The molecule has 126 valence electrons. The van der Waals surface area contributed by atoms with E-state index in [1.807, 2.05) is 0 Å². The van der Waals surface area contributed by atoms with Crippen LogP contribution in [0.5, 0.6) is 0 Å². The van der Waals surface area contributed by atoms with Crippen molar-refractivity contribution in [1.29, 1.82) is 0 Å². The minimum atomic E-state index is -0.617. The normalized spacial score (nSPS) is 12.8. The Morgan fingerprint density at radius 1 is 1.00 bits per heavy atom. The molecule has 0 aromatic heterocycles. The van der Waals surface area contributed by atoms with Crippen molar-refractivity contribution >= 4 is 40.7 Å². The lowest BCUT2D eigenvalue weighted by Gasteiger charge is -2.14. The van der Waals surface area contributed by atoms with Gasteiger partial charge in [-0.05, 0) is 48.6 Å². The third kappa shape index (κ3) is 3.53. The Bertz CT molecular complexity index is 848. The molecule has 0 saturated carbocycles. The number of nitrogens with zero attached hydrogens (tertiary/aromatic N) is 1. The van der Waals surface area contributed by atoms with Crippen LogP contribution >= 0.6 is 12.2 Å². The van der Waals surface area contributed by atoms with E-state index in [1.54, 1.807) is 12.1 Å². The van der Waals surface area contributed by atoms with Crippen LogP contribution in [0.15, 0.2) is 48.5 Å². The molecule has 0 bridgehead atoms. The van der Waals surface area contributed by atoms with Gasteiger partial charge in [0.1, 0.15) is 12.4 Å². The fourth-order valence-electron chi connectivity index (χ4n) is 2.39. The first kappa shape index (κ1) is 16.7. The molecule has 2 N–H and O–H groups in total. The lowest BCUT2D eigenvalue weighted by Crippen LogP contribution is -2.43. The number of anilines is 1. The molecule has 25 heavy (non-hydrogen) atoms. The van der Waals surface area contributed by atoms with Gasteiger partial charge in [0, 0.05) is 5.69 Å². The number of rotatable bonds is 3. The van der Waals surface area contributed by atoms with E-state index in [0.717, 1.165) is 4.90 Å². The summed E-state index contributed by atoms with van der Waals surface area (Å²) < 4.78 is 12.8. The number of fused-ring (bicyclic) bond motifs is 1. The van der Waals surface area contributed by atoms with Crippen LogP contribution in [0.3, 0.4) is 0 Å². The molecule has 0 fully saturated rings. The maximum absolute atomic E-state index is 12.8. The number of nitrogens with one attached hydrogen (secondary N) is 2. The van der Waals surface area contributed by atoms with Gasteiger partial charge in [0.25, 0.3) is 11.8 Å². The summed E-state index contributed by atoms with van der Waals surface area (Å²) in [5, 5.41) is 5.07. The van der Waals surface area contributed by atoms with Crippen LogP contribution in [0.1, 0.15) is 20.7 Å². The van der Waals surface area contributed by atoms with Gasteiger partial charge in [0.05, 0.1) is 11.1 Å². The lowest BCUT2D eigenvalue weighted by atomic mass is 10.1. The van der Waals surface area contributed by atoms with Gasteiger partial charge in [0.15, 0.2) is 5.11 Å². The molecule has 0 saturated heterocycles. The van der Waals surface area contributed by atoms with E-state index in [-0.39, 0.29) is 16.2 Å². The average Bonchev–Trinajstić information content (AvgIpc) is 2.82. The number of carbonyl (C=O) groups excluding carboxylic acids is 3. The van der Waals surface area contributed by atoms with Gasteiger partial charge in [0.2, 0.25) is 5.91 Å². The Hall–Kier alpha value is -3.13. The second-order valence-corrected chi connectivity index (χ2v) is 5.66. The van der Waals surface area contributed by atoms with Crippen LogP contribution in [0.25, 0.3) is 0 Å². The number of carbonyl (C=O) groups is 3. The third-order valence-electron chi connectivity index (χ3n) is 3.53. The number of thiocarbonyl (C=S) groups is 1. The van der Waals surface area contributed by atoms with Crippen molar-refractivity contribution in [3.63, 3.8) is 0 Å². The quantitative estimate of drug-likeness (QED) is 0.648. The van der Waals surface area contributed by atoms with Gasteiger partial charge in [-0.25, -0.2) is 4.39 Å². The van der Waals surface area contributed by atoms with Crippen LogP contribution in [0.2, 0.25) is 0 Å². The summed E-state index contributed by atoms with van der Waals surface area (Å²) >= 11 is 4.99. The van der Waals surface area contributed by atoms with Crippen LogP contribution < -0.4 is 10.6 Å². The number of imide groups is 1. The Morgan fingerprint density at radius 3 is 2.12 bits per heavy atom. The zero-order valence-electron chi connectivity index (χ0n) is 12.8. The molecule has 3 amide bonds. The average molecular weight is 357 g/mol. The van der Waals surface area contributed by atoms with Crippen molar-refractivity contribution in [3.8, 4) is 0 Å². The second-order valence-electron chi connectivity index (χ2n) is 5.25. The van der Waals surface area contributed by atoms with Crippen molar-refractivity contribution in [2.24, 2.45) is 0 Å². The summed E-state index contributed by atoms with van der Waals surface area (Å²) in [4.78, 5) is 37.3. The molecule has 1 aliphatic rings. The molecule has 3 rings (SSSR count). The van der Waals surface area contributed by atoms with Crippen molar-refractivity contribution < 1.29 is 18.8 Å². The highest BCUT2D eigenvalue weighted by Crippen LogP contribution is 2.21. The summed E-state index contributed by atoms with van der Waals surface area (Å²) in [6.45, 7) is -0.447. The molecule has 0 aliphatic carbocycles. The SMILES string of the molecule is O=C(CN1C(=O)c2ccccc2C1=O)NC(=S)Nc1ccc(F)cc1.